The Morgan fingerprint density at radius 1 is 1.37 bits per heavy atom. The van der Waals surface area contributed by atoms with Crippen molar-refractivity contribution in [1.29, 1.82) is 0 Å². The van der Waals surface area contributed by atoms with Crippen LogP contribution >= 0.6 is 11.8 Å². The number of β-amino-alcohol motifs (C(OH)–C–C–N with tert-alkyl or cyclic N) is 1. The van der Waals surface area contributed by atoms with E-state index in [0.29, 0.717) is 24.3 Å². The number of aliphatic hydroxyl groups excluding tert-OH is 1. The smallest absolute Gasteiger partial charge is 0.254 e. The highest BCUT2D eigenvalue weighted by Crippen LogP contribution is 2.40. The number of hydrogen-bond donors (Lipinski definition) is 2. The van der Waals surface area contributed by atoms with E-state index in [1.165, 1.54) is 6.07 Å². The van der Waals surface area contributed by atoms with Gasteiger partial charge in [-0.1, -0.05) is 0 Å². The Balaban J connectivity index is 1.61. The van der Waals surface area contributed by atoms with Crippen LogP contribution in [0.15, 0.2) is 16.9 Å². The number of pyridine rings is 1. The molecule has 1 spiro atoms. The van der Waals surface area contributed by atoms with Crippen molar-refractivity contribution in [2.24, 2.45) is 5.41 Å². The van der Waals surface area contributed by atoms with Gasteiger partial charge in [-0.3, -0.25) is 9.59 Å². The molecule has 1 atom stereocenters. The molecule has 0 radical (unpaired) electrons. The first-order chi connectivity index (χ1) is 12.9. The molecule has 6 nitrogen and oxygen atoms in total. The predicted molar refractivity (Wildman–Crippen MR) is 109 cm³/mol. The number of H-pyrrole nitrogens is 1. The minimum absolute atomic E-state index is 0.0627. The number of rotatable bonds is 5. The summed E-state index contributed by atoms with van der Waals surface area (Å²) in [5, 5.41) is 10.4. The molecule has 1 aromatic rings. The number of aliphatic hydroxyl groups is 1. The fraction of sp³-hybridized carbons (Fsp3) is 0.700. The minimum atomic E-state index is -0.273. The Labute approximate surface area is 165 Å². The van der Waals surface area contributed by atoms with Gasteiger partial charge in [-0.25, -0.2) is 0 Å². The molecular formula is C20H31N3O3S. The summed E-state index contributed by atoms with van der Waals surface area (Å²) >= 11 is 1.86. The van der Waals surface area contributed by atoms with E-state index in [1.54, 1.807) is 13.0 Å². The number of piperidine rings is 2. The van der Waals surface area contributed by atoms with E-state index in [2.05, 4.69) is 16.1 Å². The molecule has 27 heavy (non-hydrogen) atoms. The number of likely N-dealkylation sites (tertiary alicyclic amines) is 2. The van der Waals surface area contributed by atoms with E-state index in [9.17, 15) is 14.7 Å². The zero-order chi connectivity index (χ0) is 19.4. The molecule has 0 aliphatic carbocycles. The lowest BCUT2D eigenvalue weighted by Gasteiger charge is -2.49. The minimum Gasteiger partial charge on any atom is -0.392 e. The summed E-state index contributed by atoms with van der Waals surface area (Å²) in [5.74, 6) is 1.09. The fourth-order valence-electron chi connectivity index (χ4n) is 4.60. The van der Waals surface area contributed by atoms with E-state index >= 15 is 0 Å². The maximum absolute atomic E-state index is 12.8. The number of hydrogen-bond acceptors (Lipinski definition) is 5. The van der Waals surface area contributed by atoms with Gasteiger partial charge in [-0.15, -0.1) is 0 Å². The number of aryl methyl sites for hydroxylation is 1. The summed E-state index contributed by atoms with van der Waals surface area (Å²) < 4.78 is 0. The van der Waals surface area contributed by atoms with Gasteiger partial charge < -0.3 is 19.9 Å². The lowest BCUT2D eigenvalue weighted by atomic mass is 9.71. The van der Waals surface area contributed by atoms with Gasteiger partial charge in [0, 0.05) is 43.5 Å². The fourth-order valence-corrected chi connectivity index (χ4v) is 5.02. The third-order valence-corrected chi connectivity index (χ3v) is 6.55. The number of thioether (sulfide) groups is 1. The molecule has 0 saturated carbocycles. The van der Waals surface area contributed by atoms with E-state index in [0.717, 1.165) is 51.1 Å². The molecule has 2 fully saturated rings. The van der Waals surface area contributed by atoms with Crippen LogP contribution in [0.5, 0.6) is 0 Å². The Kier molecular flexibility index (Phi) is 6.65. The number of nitrogens with one attached hydrogen (secondary N) is 1. The van der Waals surface area contributed by atoms with E-state index in [4.69, 9.17) is 0 Å². The summed E-state index contributed by atoms with van der Waals surface area (Å²) in [4.78, 5) is 31.4. The Morgan fingerprint density at radius 2 is 2.11 bits per heavy atom. The third kappa shape index (κ3) is 5.15. The van der Waals surface area contributed by atoms with Crippen LogP contribution in [0.3, 0.4) is 0 Å². The molecule has 1 unspecified atom stereocenters. The highest BCUT2D eigenvalue weighted by atomic mass is 32.2. The number of carbonyl (C=O) groups is 1. The molecule has 0 aromatic carbocycles. The van der Waals surface area contributed by atoms with Crippen molar-refractivity contribution in [2.45, 2.75) is 38.7 Å². The van der Waals surface area contributed by atoms with Crippen LogP contribution in [0.1, 0.15) is 41.7 Å². The van der Waals surface area contributed by atoms with E-state index in [1.807, 2.05) is 16.7 Å². The highest BCUT2D eigenvalue weighted by molar-refractivity contribution is 7.98. The topological polar surface area (TPSA) is 76.6 Å². The molecule has 2 N–H and O–H groups in total. The standard InChI is InChI=1S/C20H31N3O3S/c1-15-10-16(11-18(25)21-15)19(26)23-7-4-20(5-8-23)12-17(24)13-22(14-20)6-3-9-27-2/h10-11,17,24H,3-9,12-14H2,1-2H3,(H,21,25). The predicted octanol–water partition coefficient (Wildman–Crippen LogP) is 1.73. The number of carbonyl (C=O) groups excluding carboxylic acids is 1. The second-order valence-corrected chi connectivity index (χ2v) is 9.13. The summed E-state index contributed by atoms with van der Waals surface area (Å²) in [7, 11) is 0. The molecule has 1 amide bonds. The normalized spacial score (nSPS) is 22.9. The molecule has 1 aromatic heterocycles. The lowest BCUT2D eigenvalue weighted by Crippen LogP contribution is -2.54. The monoisotopic (exact) mass is 393 g/mol. The van der Waals surface area contributed by atoms with Crippen molar-refractivity contribution in [2.75, 3.05) is 44.7 Å². The van der Waals surface area contributed by atoms with Crippen LogP contribution in [0.25, 0.3) is 0 Å². The molecule has 150 valence electrons. The third-order valence-electron chi connectivity index (χ3n) is 5.86. The first-order valence-electron chi connectivity index (χ1n) is 9.80. The Morgan fingerprint density at radius 3 is 2.78 bits per heavy atom. The molecule has 2 aliphatic rings. The zero-order valence-corrected chi connectivity index (χ0v) is 17.2. The van der Waals surface area contributed by atoms with Crippen LogP contribution in [0, 0.1) is 12.3 Å². The van der Waals surface area contributed by atoms with Gasteiger partial charge in [0.15, 0.2) is 0 Å². The summed E-state index contributed by atoms with van der Waals surface area (Å²) in [6.07, 6.45) is 5.66. The summed E-state index contributed by atoms with van der Waals surface area (Å²) in [6.45, 7) is 5.99. The Bertz CT molecular complexity index is 713. The average Bonchev–Trinajstić information content (AvgIpc) is 2.60. The second-order valence-electron chi connectivity index (χ2n) is 8.15. The van der Waals surface area contributed by atoms with Crippen molar-refractivity contribution < 1.29 is 9.90 Å². The zero-order valence-electron chi connectivity index (χ0n) is 16.4. The van der Waals surface area contributed by atoms with Crippen LogP contribution in [0.2, 0.25) is 0 Å². The average molecular weight is 394 g/mol. The van der Waals surface area contributed by atoms with Gasteiger partial charge in [-0.2, -0.15) is 11.8 Å². The molecular weight excluding hydrogens is 362 g/mol. The lowest BCUT2D eigenvalue weighted by molar-refractivity contribution is -0.0373. The van der Waals surface area contributed by atoms with Gasteiger partial charge in [0.2, 0.25) is 5.56 Å². The van der Waals surface area contributed by atoms with Crippen LogP contribution in [0.4, 0.5) is 0 Å². The first kappa shape index (κ1) is 20.4. The van der Waals surface area contributed by atoms with Gasteiger partial charge >= 0.3 is 0 Å². The number of aromatic amines is 1. The maximum Gasteiger partial charge on any atom is 0.254 e. The largest absolute Gasteiger partial charge is 0.392 e. The van der Waals surface area contributed by atoms with E-state index < -0.39 is 0 Å². The highest BCUT2D eigenvalue weighted by Gasteiger charge is 2.42. The molecule has 2 aliphatic heterocycles. The van der Waals surface area contributed by atoms with Gasteiger partial charge in [0.25, 0.3) is 5.91 Å². The van der Waals surface area contributed by atoms with Gasteiger partial charge in [0.05, 0.1) is 6.10 Å². The molecule has 3 rings (SSSR count). The SMILES string of the molecule is CSCCCN1CC(O)CC2(CCN(C(=O)c3cc(C)[nH]c(=O)c3)CC2)C1. The summed E-state index contributed by atoms with van der Waals surface area (Å²) in [6, 6.07) is 3.13. The van der Waals surface area contributed by atoms with Gasteiger partial charge in [-0.05, 0) is 62.6 Å². The molecule has 3 heterocycles. The second kappa shape index (κ2) is 8.80. The van der Waals surface area contributed by atoms with Crippen LogP contribution in [-0.2, 0) is 0 Å². The van der Waals surface area contributed by atoms with Crippen molar-refractivity contribution in [3.63, 3.8) is 0 Å². The Hall–Kier alpha value is -1.31. The van der Waals surface area contributed by atoms with Crippen molar-refractivity contribution in [3.05, 3.63) is 33.7 Å². The maximum atomic E-state index is 12.8. The van der Waals surface area contributed by atoms with Crippen LogP contribution < -0.4 is 5.56 Å². The number of nitrogens with zero attached hydrogens (tertiary/aromatic N) is 2. The van der Waals surface area contributed by atoms with Crippen molar-refractivity contribution in [3.8, 4) is 0 Å². The molecule has 0 bridgehead atoms. The van der Waals surface area contributed by atoms with Crippen molar-refractivity contribution >= 4 is 17.7 Å². The first-order valence-corrected chi connectivity index (χ1v) is 11.2. The van der Waals surface area contributed by atoms with Crippen LogP contribution in [-0.4, -0.2) is 76.6 Å². The quantitative estimate of drug-likeness (QED) is 0.745. The number of amides is 1. The van der Waals surface area contributed by atoms with Gasteiger partial charge in [0.1, 0.15) is 0 Å². The number of aromatic nitrogens is 1. The molecule has 2 saturated heterocycles. The molecule has 7 heteroatoms. The summed E-state index contributed by atoms with van der Waals surface area (Å²) in [5.41, 5.74) is 1.05. The van der Waals surface area contributed by atoms with Crippen molar-refractivity contribution in [1.82, 2.24) is 14.8 Å². The van der Waals surface area contributed by atoms with E-state index in [-0.39, 0.29) is 23.0 Å².